The van der Waals surface area contributed by atoms with E-state index in [1.165, 1.54) is 0 Å². The number of hydrogen-bond acceptors (Lipinski definition) is 6. The summed E-state index contributed by atoms with van der Waals surface area (Å²) in [5, 5.41) is 3.91. The molecule has 0 aliphatic rings. The molecule has 0 radical (unpaired) electrons. The fourth-order valence-corrected chi connectivity index (χ4v) is 2.67. The van der Waals surface area contributed by atoms with Crippen molar-refractivity contribution in [3.05, 3.63) is 59.4 Å². The molecule has 0 aliphatic carbocycles. The van der Waals surface area contributed by atoms with Gasteiger partial charge in [0.25, 0.3) is 5.71 Å². The van der Waals surface area contributed by atoms with Gasteiger partial charge >= 0.3 is 0 Å². The zero-order valence-corrected chi connectivity index (χ0v) is 14.9. The van der Waals surface area contributed by atoms with Crippen LogP contribution >= 0.6 is 11.6 Å². The van der Waals surface area contributed by atoms with Crippen LogP contribution in [-0.2, 0) is 0 Å². The van der Waals surface area contributed by atoms with Crippen LogP contribution in [0.2, 0.25) is 5.02 Å². The first-order chi connectivity index (χ1) is 12.6. The Balaban J connectivity index is 1.75. The fraction of sp³-hybridized carbons (Fsp3) is 0.105. The van der Waals surface area contributed by atoms with Gasteiger partial charge in [-0.05, 0) is 55.5 Å². The van der Waals surface area contributed by atoms with E-state index in [9.17, 15) is 0 Å². The molecule has 0 unspecified atom stereocenters. The van der Waals surface area contributed by atoms with E-state index in [-0.39, 0.29) is 0 Å². The molecule has 0 fully saturated rings. The summed E-state index contributed by atoms with van der Waals surface area (Å²) < 4.78 is 11.0. The number of methoxy groups -OCH3 is 1. The standard InChI is InChI=1S/C19H15ClN4O2/c1-11-21-17(23-14-7-5-13(20)6-8-14)16-19(22-11)26-18(24-16)12-3-9-15(25-2)10-4-12/h3-10H,1-2H3,(H,21,22,23). The third-order valence-corrected chi connectivity index (χ3v) is 4.07. The van der Waals surface area contributed by atoms with Gasteiger partial charge in [0.1, 0.15) is 11.6 Å². The number of rotatable bonds is 4. The molecule has 1 N–H and O–H groups in total. The molecule has 0 saturated heterocycles. The van der Waals surface area contributed by atoms with E-state index >= 15 is 0 Å². The van der Waals surface area contributed by atoms with Crippen LogP contribution in [0.1, 0.15) is 5.82 Å². The van der Waals surface area contributed by atoms with Gasteiger partial charge < -0.3 is 14.5 Å². The Kier molecular flexibility index (Phi) is 4.18. The third-order valence-electron chi connectivity index (χ3n) is 3.81. The van der Waals surface area contributed by atoms with Gasteiger partial charge in [0, 0.05) is 16.3 Å². The third kappa shape index (κ3) is 3.19. The predicted molar refractivity (Wildman–Crippen MR) is 101 cm³/mol. The van der Waals surface area contributed by atoms with Crippen molar-refractivity contribution in [3.63, 3.8) is 0 Å². The van der Waals surface area contributed by atoms with Crippen molar-refractivity contribution in [3.8, 4) is 17.2 Å². The van der Waals surface area contributed by atoms with Crippen LogP contribution < -0.4 is 10.1 Å². The molecule has 2 aromatic carbocycles. The van der Waals surface area contributed by atoms with E-state index in [0.29, 0.717) is 33.8 Å². The van der Waals surface area contributed by atoms with E-state index in [0.717, 1.165) is 17.0 Å². The van der Waals surface area contributed by atoms with Gasteiger partial charge in [0.2, 0.25) is 5.89 Å². The number of fused-ring (bicyclic) bond motifs is 1. The number of benzene rings is 2. The zero-order valence-electron chi connectivity index (χ0n) is 14.2. The minimum absolute atomic E-state index is 0.430. The number of hydrogen-bond donors (Lipinski definition) is 1. The fourth-order valence-electron chi connectivity index (χ4n) is 2.54. The van der Waals surface area contributed by atoms with Gasteiger partial charge in [-0.2, -0.15) is 4.98 Å². The molecule has 0 bridgehead atoms. The molecule has 0 spiro atoms. The van der Waals surface area contributed by atoms with Crippen LogP contribution in [0.4, 0.5) is 11.5 Å². The van der Waals surface area contributed by atoms with Crippen molar-refractivity contribution in [2.45, 2.75) is 6.92 Å². The number of aryl methyl sites for hydroxylation is 1. The normalized spacial score (nSPS) is 10.9. The van der Waals surface area contributed by atoms with Crippen LogP contribution in [-0.4, -0.2) is 22.1 Å². The van der Waals surface area contributed by atoms with E-state index in [2.05, 4.69) is 20.3 Å². The summed E-state index contributed by atoms with van der Waals surface area (Å²) in [5.41, 5.74) is 2.68. The second kappa shape index (κ2) is 6.65. The first-order valence-corrected chi connectivity index (χ1v) is 8.32. The van der Waals surface area contributed by atoms with E-state index in [1.807, 2.05) is 43.3 Å². The highest BCUT2D eigenvalue weighted by Gasteiger charge is 2.15. The highest BCUT2D eigenvalue weighted by Crippen LogP contribution is 2.29. The average Bonchev–Trinajstić information content (AvgIpc) is 3.08. The molecule has 0 saturated carbocycles. The number of nitrogens with one attached hydrogen (secondary N) is 1. The topological polar surface area (TPSA) is 73.1 Å². The van der Waals surface area contributed by atoms with Gasteiger partial charge in [-0.3, -0.25) is 0 Å². The molecule has 7 heteroatoms. The summed E-state index contributed by atoms with van der Waals surface area (Å²) in [6.45, 7) is 1.81. The molecule has 26 heavy (non-hydrogen) atoms. The SMILES string of the molecule is COc1ccc(-c2nc3c(Nc4ccc(Cl)cc4)nc(C)nc3o2)cc1. The minimum atomic E-state index is 0.430. The molecule has 2 aromatic heterocycles. The summed E-state index contributed by atoms with van der Waals surface area (Å²) in [6.07, 6.45) is 0. The molecule has 6 nitrogen and oxygen atoms in total. The number of aromatic nitrogens is 3. The lowest BCUT2D eigenvalue weighted by Gasteiger charge is -2.06. The van der Waals surface area contributed by atoms with E-state index in [1.54, 1.807) is 19.2 Å². The molecule has 0 atom stereocenters. The van der Waals surface area contributed by atoms with Crippen LogP contribution in [0.3, 0.4) is 0 Å². The van der Waals surface area contributed by atoms with Crippen LogP contribution in [0.5, 0.6) is 5.75 Å². The Labute approximate surface area is 154 Å². The Morgan fingerprint density at radius 3 is 2.38 bits per heavy atom. The number of anilines is 2. The number of oxazole rings is 1. The summed E-state index contributed by atoms with van der Waals surface area (Å²) in [6, 6.07) is 14.8. The molecule has 4 aromatic rings. The Morgan fingerprint density at radius 2 is 1.69 bits per heavy atom. The first-order valence-electron chi connectivity index (χ1n) is 7.94. The lowest BCUT2D eigenvalue weighted by atomic mass is 10.2. The van der Waals surface area contributed by atoms with Crippen molar-refractivity contribution in [2.24, 2.45) is 0 Å². The van der Waals surface area contributed by atoms with Crippen molar-refractivity contribution >= 4 is 34.3 Å². The number of nitrogens with zero attached hydrogens (tertiary/aromatic N) is 3. The van der Waals surface area contributed by atoms with Crippen molar-refractivity contribution < 1.29 is 9.15 Å². The molecule has 0 amide bonds. The molecule has 0 aliphatic heterocycles. The molecular formula is C19H15ClN4O2. The predicted octanol–water partition coefficient (Wildman–Crippen LogP) is 5.00. The van der Waals surface area contributed by atoms with Crippen molar-refractivity contribution in [1.82, 2.24) is 15.0 Å². The number of halogens is 1. The molecular weight excluding hydrogens is 352 g/mol. The maximum atomic E-state index is 5.94. The van der Waals surface area contributed by atoms with Crippen LogP contribution in [0.15, 0.2) is 52.9 Å². The van der Waals surface area contributed by atoms with Gasteiger partial charge in [-0.1, -0.05) is 11.6 Å². The van der Waals surface area contributed by atoms with Gasteiger partial charge in [0.05, 0.1) is 7.11 Å². The largest absolute Gasteiger partial charge is 0.497 e. The van der Waals surface area contributed by atoms with Gasteiger partial charge in [-0.25, -0.2) is 9.97 Å². The van der Waals surface area contributed by atoms with E-state index < -0.39 is 0 Å². The maximum absolute atomic E-state index is 5.94. The van der Waals surface area contributed by atoms with Crippen molar-refractivity contribution in [1.29, 1.82) is 0 Å². The minimum Gasteiger partial charge on any atom is -0.497 e. The lowest BCUT2D eigenvalue weighted by molar-refractivity contribution is 0.415. The van der Waals surface area contributed by atoms with Crippen LogP contribution in [0.25, 0.3) is 22.7 Å². The Morgan fingerprint density at radius 1 is 0.962 bits per heavy atom. The second-order valence-corrected chi connectivity index (χ2v) is 6.09. The Hall–Kier alpha value is -3.12. The summed E-state index contributed by atoms with van der Waals surface area (Å²) in [7, 11) is 1.63. The van der Waals surface area contributed by atoms with E-state index in [4.69, 9.17) is 20.8 Å². The average molecular weight is 367 g/mol. The molecule has 130 valence electrons. The highest BCUT2D eigenvalue weighted by atomic mass is 35.5. The lowest BCUT2D eigenvalue weighted by Crippen LogP contribution is -1.98. The second-order valence-electron chi connectivity index (χ2n) is 5.65. The summed E-state index contributed by atoms with van der Waals surface area (Å²) >= 11 is 5.94. The Bertz CT molecular complexity index is 1060. The zero-order chi connectivity index (χ0) is 18.1. The first kappa shape index (κ1) is 16.4. The molecule has 2 heterocycles. The van der Waals surface area contributed by atoms with Crippen molar-refractivity contribution in [2.75, 3.05) is 12.4 Å². The number of ether oxygens (including phenoxy) is 1. The van der Waals surface area contributed by atoms with Crippen LogP contribution in [0, 0.1) is 6.92 Å². The molecule has 4 rings (SSSR count). The monoisotopic (exact) mass is 366 g/mol. The summed E-state index contributed by atoms with van der Waals surface area (Å²) in [5.74, 6) is 2.41. The quantitative estimate of drug-likeness (QED) is 0.548. The smallest absolute Gasteiger partial charge is 0.252 e. The maximum Gasteiger partial charge on any atom is 0.252 e. The summed E-state index contributed by atoms with van der Waals surface area (Å²) in [4.78, 5) is 13.4. The highest BCUT2D eigenvalue weighted by molar-refractivity contribution is 6.30. The van der Waals surface area contributed by atoms with Gasteiger partial charge in [-0.15, -0.1) is 0 Å². The van der Waals surface area contributed by atoms with Gasteiger partial charge in [0.15, 0.2) is 11.3 Å².